The van der Waals surface area contributed by atoms with Crippen LogP contribution in [0.15, 0.2) is 42.5 Å². The standard InChI is InChI=1S/C23H29NO4/c1-27-20-10-11-21(19(13-20)14-22(25)17-7-3-4-8-17)24-15-16-6-5-9-18(12-16)23(26)28-2/h5-6,9-13,17,22,24-25H,3-4,7-8,14-15H2,1-2H3. The van der Waals surface area contributed by atoms with Crippen molar-refractivity contribution in [1.82, 2.24) is 0 Å². The number of methoxy groups -OCH3 is 2. The number of carbonyl (C=O) groups is 1. The smallest absolute Gasteiger partial charge is 0.337 e. The normalized spacial score (nSPS) is 15.2. The summed E-state index contributed by atoms with van der Waals surface area (Å²) in [5, 5.41) is 14.1. The lowest BCUT2D eigenvalue weighted by Crippen LogP contribution is -2.21. The molecule has 2 N–H and O–H groups in total. The Hall–Kier alpha value is -2.53. The lowest BCUT2D eigenvalue weighted by atomic mass is 9.94. The van der Waals surface area contributed by atoms with Gasteiger partial charge in [-0.25, -0.2) is 4.79 Å². The molecule has 5 heteroatoms. The molecule has 0 spiro atoms. The van der Waals surface area contributed by atoms with Crippen LogP contribution in [0.4, 0.5) is 5.69 Å². The fourth-order valence-electron chi connectivity index (χ4n) is 3.90. The third-order valence-corrected chi connectivity index (χ3v) is 5.52. The van der Waals surface area contributed by atoms with Crippen molar-refractivity contribution < 1.29 is 19.4 Å². The summed E-state index contributed by atoms with van der Waals surface area (Å²) < 4.78 is 10.2. The molecule has 1 unspecified atom stereocenters. The summed E-state index contributed by atoms with van der Waals surface area (Å²) in [5.74, 6) is 0.828. The van der Waals surface area contributed by atoms with Gasteiger partial charge >= 0.3 is 5.97 Å². The number of benzene rings is 2. The molecule has 0 bridgehead atoms. The van der Waals surface area contributed by atoms with Crippen LogP contribution in [0, 0.1) is 5.92 Å². The molecule has 1 aliphatic carbocycles. The first-order valence-corrected chi connectivity index (χ1v) is 9.87. The van der Waals surface area contributed by atoms with Crippen LogP contribution in [0.25, 0.3) is 0 Å². The van der Waals surface area contributed by atoms with E-state index in [-0.39, 0.29) is 12.1 Å². The molecule has 2 aromatic carbocycles. The maximum atomic E-state index is 11.7. The van der Waals surface area contributed by atoms with Crippen molar-refractivity contribution in [3.8, 4) is 5.75 Å². The number of aliphatic hydroxyl groups excluding tert-OH is 1. The van der Waals surface area contributed by atoms with Crippen molar-refractivity contribution in [2.75, 3.05) is 19.5 Å². The van der Waals surface area contributed by atoms with E-state index in [1.807, 2.05) is 36.4 Å². The predicted octanol–water partition coefficient (Wildman–Crippen LogP) is 4.19. The summed E-state index contributed by atoms with van der Waals surface area (Å²) >= 11 is 0. The van der Waals surface area contributed by atoms with Gasteiger partial charge in [-0.1, -0.05) is 25.0 Å². The van der Waals surface area contributed by atoms with Crippen molar-refractivity contribution in [2.45, 2.75) is 44.8 Å². The maximum Gasteiger partial charge on any atom is 0.337 e. The van der Waals surface area contributed by atoms with Gasteiger partial charge in [-0.3, -0.25) is 0 Å². The minimum absolute atomic E-state index is 0.335. The first-order chi connectivity index (χ1) is 13.6. The topological polar surface area (TPSA) is 67.8 Å². The summed E-state index contributed by atoms with van der Waals surface area (Å²) in [7, 11) is 3.03. The Morgan fingerprint density at radius 3 is 2.68 bits per heavy atom. The van der Waals surface area contributed by atoms with Crippen LogP contribution in [-0.2, 0) is 17.7 Å². The molecule has 0 aromatic heterocycles. The Bertz CT molecular complexity index is 799. The van der Waals surface area contributed by atoms with Crippen molar-refractivity contribution in [3.05, 3.63) is 59.2 Å². The predicted molar refractivity (Wildman–Crippen MR) is 110 cm³/mol. The van der Waals surface area contributed by atoms with Gasteiger partial charge in [0, 0.05) is 18.7 Å². The van der Waals surface area contributed by atoms with E-state index in [1.54, 1.807) is 13.2 Å². The van der Waals surface area contributed by atoms with E-state index in [9.17, 15) is 9.90 Å². The second-order valence-electron chi connectivity index (χ2n) is 7.38. The van der Waals surface area contributed by atoms with E-state index in [2.05, 4.69) is 5.32 Å². The number of hydrogen-bond donors (Lipinski definition) is 2. The third-order valence-electron chi connectivity index (χ3n) is 5.52. The highest BCUT2D eigenvalue weighted by Gasteiger charge is 2.24. The first kappa shape index (κ1) is 20.2. The summed E-state index contributed by atoms with van der Waals surface area (Å²) in [6.07, 6.45) is 4.90. The van der Waals surface area contributed by atoms with E-state index in [0.717, 1.165) is 35.4 Å². The van der Waals surface area contributed by atoms with Crippen LogP contribution in [0.1, 0.15) is 47.2 Å². The maximum absolute atomic E-state index is 11.7. The van der Waals surface area contributed by atoms with E-state index in [1.165, 1.54) is 20.0 Å². The van der Waals surface area contributed by atoms with Gasteiger partial charge in [0.25, 0.3) is 0 Å². The lowest BCUT2D eigenvalue weighted by Gasteiger charge is -2.20. The van der Waals surface area contributed by atoms with E-state index in [4.69, 9.17) is 9.47 Å². The van der Waals surface area contributed by atoms with Crippen LogP contribution in [0.2, 0.25) is 0 Å². The molecule has 0 aliphatic heterocycles. The van der Waals surface area contributed by atoms with Gasteiger partial charge in [0.1, 0.15) is 5.75 Å². The van der Waals surface area contributed by atoms with E-state index >= 15 is 0 Å². The average molecular weight is 383 g/mol. The zero-order chi connectivity index (χ0) is 19.9. The van der Waals surface area contributed by atoms with Crippen molar-refractivity contribution in [1.29, 1.82) is 0 Å². The molecule has 1 fully saturated rings. The Balaban J connectivity index is 1.73. The van der Waals surface area contributed by atoms with E-state index in [0.29, 0.717) is 24.4 Å². The van der Waals surface area contributed by atoms with Gasteiger partial charge in [-0.15, -0.1) is 0 Å². The monoisotopic (exact) mass is 383 g/mol. The number of esters is 1. The first-order valence-electron chi connectivity index (χ1n) is 9.87. The number of aliphatic hydroxyl groups is 1. The summed E-state index contributed by atoms with van der Waals surface area (Å²) in [6, 6.07) is 13.3. The Kier molecular flexibility index (Phi) is 6.93. The largest absolute Gasteiger partial charge is 0.497 e. The molecule has 2 aromatic rings. The summed E-state index contributed by atoms with van der Waals surface area (Å²) in [4.78, 5) is 11.7. The van der Waals surface area contributed by atoms with Gasteiger partial charge in [0.15, 0.2) is 0 Å². The van der Waals surface area contributed by atoms with Crippen LogP contribution >= 0.6 is 0 Å². The third kappa shape index (κ3) is 5.04. The average Bonchev–Trinajstić information content (AvgIpc) is 3.27. The van der Waals surface area contributed by atoms with Gasteiger partial charge < -0.3 is 19.9 Å². The molecule has 1 aliphatic rings. The van der Waals surface area contributed by atoms with Crippen LogP contribution in [-0.4, -0.2) is 31.4 Å². The second-order valence-corrected chi connectivity index (χ2v) is 7.38. The molecule has 3 rings (SSSR count). The van der Waals surface area contributed by atoms with E-state index < -0.39 is 0 Å². The zero-order valence-electron chi connectivity index (χ0n) is 16.6. The quantitative estimate of drug-likeness (QED) is 0.669. The lowest BCUT2D eigenvalue weighted by molar-refractivity contribution is 0.0600. The SMILES string of the molecule is COC(=O)c1cccc(CNc2ccc(OC)cc2CC(O)C2CCCC2)c1. The summed E-state index contributed by atoms with van der Waals surface area (Å²) in [6.45, 7) is 0.573. The van der Waals surface area contributed by atoms with Crippen LogP contribution in [0.5, 0.6) is 5.75 Å². The number of carbonyl (C=O) groups excluding carboxylic acids is 1. The number of hydrogen-bond acceptors (Lipinski definition) is 5. The molecular weight excluding hydrogens is 354 g/mol. The molecule has 5 nitrogen and oxygen atoms in total. The molecular formula is C23H29NO4. The minimum atomic E-state index is -0.341. The molecule has 150 valence electrons. The molecule has 0 heterocycles. The fraction of sp³-hybridized carbons (Fsp3) is 0.435. The number of anilines is 1. The van der Waals surface area contributed by atoms with Gasteiger partial charge in [0.05, 0.1) is 25.9 Å². The molecule has 0 radical (unpaired) electrons. The number of ether oxygens (including phenoxy) is 2. The van der Waals surface area contributed by atoms with Crippen molar-refractivity contribution >= 4 is 11.7 Å². The highest BCUT2D eigenvalue weighted by Crippen LogP contribution is 2.31. The highest BCUT2D eigenvalue weighted by atomic mass is 16.5. The van der Waals surface area contributed by atoms with Crippen molar-refractivity contribution in [3.63, 3.8) is 0 Å². The van der Waals surface area contributed by atoms with Gasteiger partial charge in [-0.2, -0.15) is 0 Å². The van der Waals surface area contributed by atoms with Crippen molar-refractivity contribution in [2.24, 2.45) is 5.92 Å². The minimum Gasteiger partial charge on any atom is -0.497 e. The Labute approximate surface area is 166 Å². The molecule has 0 amide bonds. The highest BCUT2D eigenvalue weighted by molar-refractivity contribution is 5.89. The molecule has 1 saturated carbocycles. The number of nitrogens with one attached hydrogen (secondary N) is 1. The number of rotatable bonds is 8. The molecule has 1 atom stereocenters. The fourth-order valence-corrected chi connectivity index (χ4v) is 3.90. The Morgan fingerprint density at radius 2 is 1.96 bits per heavy atom. The zero-order valence-corrected chi connectivity index (χ0v) is 16.6. The van der Waals surface area contributed by atoms with Gasteiger partial charge in [-0.05, 0) is 60.2 Å². The molecule has 0 saturated heterocycles. The summed E-state index contributed by atoms with van der Waals surface area (Å²) in [5.41, 5.74) is 3.54. The second kappa shape index (κ2) is 9.60. The van der Waals surface area contributed by atoms with Gasteiger partial charge in [0.2, 0.25) is 0 Å². The Morgan fingerprint density at radius 1 is 1.18 bits per heavy atom. The van der Waals surface area contributed by atoms with Crippen LogP contribution in [0.3, 0.4) is 0 Å². The molecule has 28 heavy (non-hydrogen) atoms. The van der Waals surface area contributed by atoms with Crippen LogP contribution < -0.4 is 10.1 Å².